The molecule has 20 heavy (non-hydrogen) atoms. The summed E-state index contributed by atoms with van der Waals surface area (Å²) in [5.74, 6) is -1.37. The first-order valence-corrected chi connectivity index (χ1v) is 7.13. The molecule has 112 valence electrons. The second-order valence-corrected chi connectivity index (χ2v) is 4.70. The Morgan fingerprint density at radius 3 is 2.60 bits per heavy atom. The van der Waals surface area contributed by atoms with Gasteiger partial charge in [-0.1, -0.05) is 26.7 Å². The van der Waals surface area contributed by atoms with Crippen LogP contribution in [0.2, 0.25) is 0 Å². The van der Waals surface area contributed by atoms with Gasteiger partial charge in [0.05, 0.1) is 5.69 Å². The second-order valence-electron chi connectivity index (χ2n) is 4.70. The van der Waals surface area contributed by atoms with Gasteiger partial charge in [0.2, 0.25) is 0 Å². The van der Waals surface area contributed by atoms with Gasteiger partial charge in [-0.2, -0.15) is 5.10 Å². The maximum absolute atomic E-state index is 12.2. The molecule has 0 aromatic carbocycles. The van der Waals surface area contributed by atoms with Crippen LogP contribution in [-0.2, 0) is 17.8 Å². The van der Waals surface area contributed by atoms with E-state index in [9.17, 15) is 9.59 Å². The lowest BCUT2D eigenvalue weighted by Gasteiger charge is -2.14. The monoisotopic (exact) mass is 281 g/mol. The highest BCUT2D eigenvalue weighted by Crippen LogP contribution is 2.08. The summed E-state index contributed by atoms with van der Waals surface area (Å²) in [6.07, 6.45) is 2.85. The van der Waals surface area contributed by atoms with Crippen LogP contribution in [0.1, 0.15) is 56.2 Å². The smallest absolute Gasteiger partial charge is 0.326 e. The molecular formula is C14H23N3O3. The summed E-state index contributed by atoms with van der Waals surface area (Å²) in [6.45, 7) is 6.43. The summed E-state index contributed by atoms with van der Waals surface area (Å²) < 4.78 is 1.60. The number of carboxylic acid groups (broad SMARTS) is 1. The van der Waals surface area contributed by atoms with Gasteiger partial charge in [-0.05, 0) is 25.8 Å². The lowest BCUT2D eigenvalue weighted by atomic mass is 10.1. The van der Waals surface area contributed by atoms with Gasteiger partial charge < -0.3 is 10.4 Å². The van der Waals surface area contributed by atoms with E-state index >= 15 is 0 Å². The van der Waals surface area contributed by atoms with Crippen LogP contribution in [0, 0.1) is 0 Å². The van der Waals surface area contributed by atoms with Gasteiger partial charge in [0.25, 0.3) is 5.91 Å². The SMILES string of the molecule is CCCC[C@H](NC(=O)c1cc(CC)nn1CC)C(=O)O. The van der Waals surface area contributed by atoms with Crippen LogP contribution >= 0.6 is 0 Å². The molecule has 1 aromatic rings. The third kappa shape index (κ3) is 4.08. The quantitative estimate of drug-likeness (QED) is 0.761. The van der Waals surface area contributed by atoms with Crippen molar-refractivity contribution in [2.75, 3.05) is 0 Å². The number of aromatic nitrogens is 2. The van der Waals surface area contributed by atoms with Crippen molar-refractivity contribution in [1.29, 1.82) is 0 Å². The fraction of sp³-hybridized carbons (Fsp3) is 0.643. The van der Waals surface area contributed by atoms with Gasteiger partial charge in [-0.15, -0.1) is 0 Å². The van der Waals surface area contributed by atoms with E-state index in [1.54, 1.807) is 10.7 Å². The van der Waals surface area contributed by atoms with E-state index < -0.39 is 12.0 Å². The zero-order valence-electron chi connectivity index (χ0n) is 12.3. The number of carbonyl (C=O) groups excluding carboxylic acids is 1. The Kier molecular flexibility index (Phi) is 6.21. The third-order valence-electron chi connectivity index (χ3n) is 3.17. The van der Waals surface area contributed by atoms with E-state index in [4.69, 9.17) is 5.11 Å². The Labute approximate surface area is 119 Å². The van der Waals surface area contributed by atoms with Crippen LogP contribution in [0.3, 0.4) is 0 Å². The van der Waals surface area contributed by atoms with E-state index in [0.29, 0.717) is 18.7 Å². The largest absolute Gasteiger partial charge is 0.480 e. The summed E-state index contributed by atoms with van der Waals surface area (Å²) in [4.78, 5) is 23.3. The number of unbranched alkanes of at least 4 members (excludes halogenated alkanes) is 1. The molecule has 0 radical (unpaired) electrons. The number of nitrogens with zero attached hydrogens (tertiary/aromatic N) is 2. The maximum Gasteiger partial charge on any atom is 0.326 e. The van der Waals surface area contributed by atoms with Crippen LogP contribution in [-0.4, -0.2) is 32.8 Å². The first kappa shape index (κ1) is 16.2. The van der Waals surface area contributed by atoms with Crippen molar-refractivity contribution < 1.29 is 14.7 Å². The molecule has 0 saturated heterocycles. The lowest BCUT2D eigenvalue weighted by molar-refractivity contribution is -0.139. The molecule has 0 unspecified atom stereocenters. The molecule has 0 saturated carbocycles. The average Bonchev–Trinajstić information content (AvgIpc) is 2.86. The molecule has 6 nitrogen and oxygen atoms in total. The van der Waals surface area contributed by atoms with Crippen molar-refractivity contribution in [3.05, 3.63) is 17.5 Å². The highest BCUT2D eigenvalue weighted by molar-refractivity contribution is 5.95. The molecule has 0 spiro atoms. The van der Waals surface area contributed by atoms with Gasteiger partial charge in [-0.25, -0.2) is 4.79 Å². The summed E-state index contributed by atoms with van der Waals surface area (Å²) in [5.41, 5.74) is 1.25. The fourth-order valence-electron chi connectivity index (χ4n) is 1.96. The Hall–Kier alpha value is -1.85. The van der Waals surface area contributed by atoms with Crippen LogP contribution in [0.15, 0.2) is 6.07 Å². The van der Waals surface area contributed by atoms with Gasteiger partial charge in [0.1, 0.15) is 11.7 Å². The topological polar surface area (TPSA) is 84.2 Å². The fourth-order valence-corrected chi connectivity index (χ4v) is 1.96. The van der Waals surface area contributed by atoms with Gasteiger partial charge in [-0.3, -0.25) is 9.48 Å². The molecule has 0 fully saturated rings. The zero-order chi connectivity index (χ0) is 15.1. The van der Waals surface area contributed by atoms with Crippen LogP contribution in [0.25, 0.3) is 0 Å². The normalized spacial score (nSPS) is 12.2. The molecule has 1 atom stereocenters. The number of nitrogens with one attached hydrogen (secondary N) is 1. The van der Waals surface area contributed by atoms with Crippen molar-refractivity contribution in [3.63, 3.8) is 0 Å². The molecular weight excluding hydrogens is 258 g/mol. The number of carbonyl (C=O) groups is 2. The summed E-state index contributed by atoms with van der Waals surface area (Å²) in [6, 6.07) is 0.880. The predicted molar refractivity (Wildman–Crippen MR) is 75.7 cm³/mol. The maximum atomic E-state index is 12.2. The summed E-state index contributed by atoms with van der Waals surface area (Å²) >= 11 is 0. The minimum atomic E-state index is -0.995. The highest BCUT2D eigenvalue weighted by atomic mass is 16.4. The average molecular weight is 281 g/mol. The van der Waals surface area contributed by atoms with E-state index in [1.807, 2.05) is 20.8 Å². The zero-order valence-corrected chi connectivity index (χ0v) is 12.3. The highest BCUT2D eigenvalue weighted by Gasteiger charge is 2.22. The van der Waals surface area contributed by atoms with Crippen molar-refractivity contribution in [2.24, 2.45) is 0 Å². The molecule has 1 rings (SSSR count). The van der Waals surface area contributed by atoms with Crippen molar-refractivity contribution >= 4 is 11.9 Å². The summed E-state index contributed by atoms with van der Waals surface area (Å²) in [5, 5.41) is 16.0. The van der Waals surface area contributed by atoms with Crippen molar-refractivity contribution in [2.45, 2.75) is 59.0 Å². The Morgan fingerprint density at radius 1 is 1.40 bits per heavy atom. The first-order chi connectivity index (χ1) is 9.53. The second kappa shape index (κ2) is 7.67. The predicted octanol–water partition coefficient (Wildman–Crippen LogP) is 1.84. The van der Waals surface area contributed by atoms with Gasteiger partial charge >= 0.3 is 5.97 Å². The molecule has 0 aliphatic rings. The van der Waals surface area contributed by atoms with Gasteiger partial charge in [0, 0.05) is 6.54 Å². The molecule has 1 amide bonds. The van der Waals surface area contributed by atoms with Crippen LogP contribution in [0.5, 0.6) is 0 Å². The number of aryl methyl sites for hydroxylation is 2. The number of hydrogen-bond acceptors (Lipinski definition) is 3. The van der Waals surface area contributed by atoms with E-state index in [0.717, 1.165) is 25.0 Å². The van der Waals surface area contributed by atoms with Crippen molar-refractivity contribution in [1.82, 2.24) is 15.1 Å². The lowest BCUT2D eigenvalue weighted by Crippen LogP contribution is -2.41. The first-order valence-electron chi connectivity index (χ1n) is 7.13. The number of carboxylic acids is 1. The molecule has 0 aliphatic heterocycles. The Balaban J connectivity index is 2.82. The van der Waals surface area contributed by atoms with E-state index in [-0.39, 0.29) is 5.91 Å². The third-order valence-corrected chi connectivity index (χ3v) is 3.17. The number of aliphatic carboxylic acids is 1. The van der Waals surface area contributed by atoms with Gasteiger partial charge in [0.15, 0.2) is 0 Å². The number of hydrogen-bond donors (Lipinski definition) is 2. The molecule has 6 heteroatoms. The van der Waals surface area contributed by atoms with Crippen LogP contribution in [0.4, 0.5) is 0 Å². The molecule has 1 aromatic heterocycles. The molecule has 0 bridgehead atoms. The van der Waals surface area contributed by atoms with E-state index in [1.165, 1.54) is 0 Å². The molecule has 0 aliphatic carbocycles. The number of rotatable bonds is 8. The molecule has 1 heterocycles. The van der Waals surface area contributed by atoms with Crippen LogP contribution < -0.4 is 5.32 Å². The minimum Gasteiger partial charge on any atom is -0.480 e. The van der Waals surface area contributed by atoms with E-state index in [2.05, 4.69) is 10.4 Å². The Bertz CT molecular complexity index is 468. The number of amides is 1. The molecule has 2 N–H and O–H groups in total. The standard InChI is InChI=1S/C14H23N3O3/c1-4-7-8-11(14(19)20)15-13(18)12-9-10(5-2)16-17(12)6-3/h9,11H,4-8H2,1-3H3,(H,15,18)(H,19,20)/t11-/m0/s1. The van der Waals surface area contributed by atoms with Crippen molar-refractivity contribution in [3.8, 4) is 0 Å². The minimum absolute atomic E-state index is 0.373. The summed E-state index contributed by atoms with van der Waals surface area (Å²) in [7, 11) is 0. The Morgan fingerprint density at radius 2 is 2.10 bits per heavy atom.